The lowest BCUT2D eigenvalue weighted by molar-refractivity contribution is 0.120. The molecular weight excluding hydrogens is 248 g/mol. The van der Waals surface area contributed by atoms with Crippen molar-refractivity contribution in [1.82, 2.24) is 5.32 Å². The van der Waals surface area contributed by atoms with E-state index in [0.717, 1.165) is 0 Å². The molecule has 1 unspecified atom stereocenters. The molecule has 0 aliphatic carbocycles. The van der Waals surface area contributed by atoms with Crippen molar-refractivity contribution in [3.05, 3.63) is 29.6 Å². The number of nitrogens with one attached hydrogen (secondary N) is 1. The summed E-state index contributed by atoms with van der Waals surface area (Å²) in [5.74, 6) is -0.426. The summed E-state index contributed by atoms with van der Waals surface area (Å²) in [5, 5.41) is 3.06. The Bertz CT molecular complexity index is 442. The number of alkyl halides is 1. The first kappa shape index (κ1) is 14.3. The third-order valence-corrected chi connectivity index (χ3v) is 3.90. The zero-order chi connectivity index (χ0) is 14.0. The van der Waals surface area contributed by atoms with E-state index in [0.29, 0.717) is 25.1 Å². The molecule has 0 saturated carbocycles. The average molecular weight is 269 g/mol. The SMILES string of the molecule is COc1ccc(C(C(C)C)[C@]2(F)CCNC2)cc1F. The molecule has 19 heavy (non-hydrogen) atoms. The lowest BCUT2D eigenvalue weighted by Crippen LogP contribution is -2.36. The monoisotopic (exact) mass is 269 g/mol. The van der Waals surface area contributed by atoms with Crippen LogP contribution in [-0.2, 0) is 0 Å². The number of methoxy groups -OCH3 is 1. The van der Waals surface area contributed by atoms with Gasteiger partial charge >= 0.3 is 0 Å². The Morgan fingerprint density at radius 1 is 1.37 bits per heavy atom. The lowest BCUT2D eigenvalue weighted by atomic mass is 9.75. The highest BCUT2D eigenvalue weighted by Crippen LogP contribution is 2.42. The minimum Gasteiger partial charge on any atom is -0.494 e. The van der Waals surface area contributed by atoms with E-state index in [1.54, 1.807) is 12.1 Å². The van der Waals surface area contributed by atoms with Gasteiger partial charge in [0, 0.05) is 12.5 Å². The van der Waals surface area contributed by atoms with Crippen LogP contribution in [0.2, 0.25) is 0 Å². The fraction of sp³-hybridized carbons (Fsp3) is 0.600. The number of rotatable bonds is 4. The molecule has 0 radical (unpaired) electrons. The van der Waals surface area contributed by atoms with Gasteiger partial charge < -0.3 is 10.1 Å². The summed E-state index contributed by atoms with van der Waals surface area (Å²) in [6.45, 7) is 4.97. The van der Waals surface area contributed by atoms with Crippen molar-refractivity contribution in [2.24, 2.45) is 5.92 Å². The molecule has 0 aromatic heterocycles. The molecule has 2 nitrogen and oxygen atoms in total. The molecule has 1 heterocycles. The molecule has 1 aromatic carbocycles. The number of ether oxygens (including phenoxy) is 1. The smallest absolute Gasteiger partial charge is 0.165 e. The maximum Gasteiger partial charge on any atom is 0.165 e. The van der Waals surface area contributed by atoms with Gasteiger partial charge in [-0.05, 0) is 36.6 Å². The van der Waals surface area contributed by atoms with Gasteiger partial charge in [-0.25, -0.2) is 8.78 Å². The molecule has 1 N–H and O–H groups in total. The normalized spacial score (nSPS) is 24.7. The Labute approximate surface area is 113 Å². The van der Waals surface area contributed by atoms with E-state index < -0.39 is 11.5 Å². The number of benzene rings is 1. The predicted octanol–water partition coefficient (Wildman–Crippen LogP) is 3.28. The van der Waals surface area contributed by atoms with Gasteiger partial charge in [-0.3, -0.25) is 0 Å². The highest BCUT2D eigenvalue weighted by atomic mass is 19.1. The Morgan fingerprint density at radius 3 is 2.58 bits per heavy atom. The molecule has 1 fully saturated rings. The van der Waals surface area contributed by atoms with Gasteiger partial charge in [0.25, 0.3) is 0 Å². The predicted molar refractivity (Wildman–Crippen MR) is 71.9 cm³/mol. The fourth-order valence-electron chi connectivity index (χ4n) is 3.10. The average Bonchev–Trinajstić information content (AvgIpc) is 2.76. The fourth-order valence-corrected chi connectivity index (χ4v) is 3.10. The van der Waals surface area contributed by atoms with E-state index in [1.165, 1.54) is 13.2 Å². The van der Waals surface area contributed by atoms with Crippen LogP contribution in [0, 0.1) is 11.7 Å². The highest BCUT2D eigenvalue weighted by Gasteiger charge is 2.44. The maximum absolute atomic E-state index is 15.0. The van der Waals surface area contributed by atoms with Crippen molar-refractivity contribution >= 4 is 0 Å². The van der Waals surface area contributed by atoms with E-state index in [9.17, 15) is 4.39 Å². The number of hydrogen-bond acceptors (Lipinski definition) is 2. The molecule has 1 aliphatic heterocycles. The molecular formula is C15H21F2NO. The van der Waals surface area contributed by atoms with Crippen LogP contribution in [0.1, 0.15) is 31.7 Å². The van der Waals surface area contributed by atoms with Crippen molar-refractivity contribution in [2.75, 3.05) is 20.2 Å². The summed E-state index contributed by atoms with van der Waals surface area (Å²) >= 11 is 0. The van der Waals surface area contributed by atoms with Gasteiger partial charge in [-0.1, -0.05) is 19.9 Å². The van der Waals surface area contributed by atoms with Crippen LogP contribution in [0.25, 0.3) is 0 Å². The standard InChI is InChI=1S/C15H21F2NO/c1-10(2)14(15(17)6-7-18-9-15)11-4-5-13(19-3)12(16)8-11/h4-5,8,10,14,18H,6-7,9H2,1-3H3/t14?,15-/m0/s1. The van der Waals surface area contributed by atoms with Gasteiger partial charge in [0.2, 0.25) is 0 Å². The summed E-state index contributed by atoms with van der Waals surface area (Å²) in [7, 11) is 1.43. The van der Waals surface area contributed by atoms with E-state index in [4.69, 9.17) is 4.74 Å². The Morgan fingerprint density at radius 2 is 2.11 bits per heavy atom. The molecule has 1 aliphatic rings. The minimum absolute atomic E-state index is 0.109. The van der Waals surface area contributed by atoms with Crippen molar-refractivity contribution in [3.63, 3.8) is 0 Å². The molecule has 1 aromatic rings. The Balaban J connectivity index is 2.37. The number of hydrogen-bond donors (Lipinski definition) is 1. The lowest BCUT2D eigenvalue weighted by Gasteiger charge is -2.33. The van der Waals surface area contributed by atoms with Gasteiger partial charge in [-0.2, -0.15) is 0 Å². The first-order valence-electron chi connectivity index (χ1n) is 6.71. The summed E-state index contributed by atoms with van der Waals surface area (Å²) in [6, 6.07) is 4.75. The zero-order valence-corrected chi connectivity index (χ0v) is 11.7. The summed E-state index contributed by atoms with van der Waals surface area (Å²) in [5.41, 5.74) is -0.589. The molecule has 4 heteroatoms. The van der Waals surface area contributed by atoms with Crippen molar-refractivity contribution in [1.29, 1.82) is 0 Å². The molecule has 1 saturated heterocycles. The van der Waals surface area contributed by atoms with Crippen LogP contribution < -0.4 is 10.1 Å². The molecule has 0 spiro atoms. The topological polar surface area (TPSA) is 21.3 Å². The van der Waals surface area contributed by atoms with Crippen molar-refractivity contribution in [3.8, 4) is 5.75 Å². The summed E-state index contributed by atoms with van der Waals surface area (Å²) in [4.78, 5) is 0. The second kappa shape index (κ2) is 5.45. The molecule has 106 valence electrons. The Hall–Kier alpha value is -1.16. The molecule has 2 rings (SSSR count). The van der Waals surface area contributed by atoms with Gasteiger partial charge in [0.15, 0.2) is 11.6 Å². The van der Waals surface area contributed by atoms with Crippen LogP contribution >= 0.6 is 0 Å². The van der Waals surface area contributed by atoms with Crippen molar-refractivity contribution in [2.45, 2.75) is 31.9 Å². The molecule has 0 amide bonds. The van der Waals surface area contributed by atoms with Crippen LogP contribution in [-0.4, -0.2) is 25.9 Å². The molecule has 0 bridgehead atoms. The van der Waals surface area contributed by atoms with Crippen molar-refractivity contribution < 1.29 is 13.5 Å². The second-order valence-corrected chi connectivity index (χ2v) is 5.58. The number of halogens is 2. The minimum atomic E-state index is -1.30. The van der Waals surface area contributed by atoms with Gasteiger partial charge in [0.05, 0.1) is 7.11 Å². The van der Waals surface area contributed by atoms with Crippen LogP contribution in [0.4, 0.5) is 8.78 Å². The Kier molecular flexibility index (Phi) is 4.09. The summed E-state index contributed by atoms with van der Waals surface area (Å²) < 4.78 is 33.7. The van der Waals surface area contributed by atoms with E-state index in [2.05, 4.69) is 5.32 Å². The van der Waals surface area contributed by atoms with E-state index in [-0.39, 0.29) is 17.6 Å². The van der Waals surface area contributed by atoms with Gasteiger partial charge in [-0.15, -0.1) is 0 Å². The van der Waals surface area contributed by atoms with E-state index >= 15 is 4.39 Å². The second-order valence-electron chi connectivity index (χ2n) is 5.58. The highest BCUT2D eigenvalue weighted by molar-refractivity contribution is 5.33. The third-order valence-electron chi connectivity index (χ3n) is 3.90. The summed E-state index contributed by atoms with van der Waals surface area (Å²) in [6.07, 6.45) is 0.476. The molecule has 2 atom stereocenters. The van der Waals surface area contributed by atoms with Crippen LogP contribution in [0.3, 0.4) is 0 Å². The van der Waals surface area contributed by atoms with Crippen LogP contribution in [0.15, 0.2) is 18.2 Å². The van der Waals surface area contributed by atoms with Crippen LogP contribution in [0.5, 0.6) is 5.75 Å². The largest absolute Gasteiger partial charge is 0.494 e. The van der Waals surface area contributed by atoms with Gasteiger partial charge in [0.1, 0.15) is 5.67 Å². The first-order chi connectivity index (χ1) is 8.98. The third kappa shape index (κ3) is 2.73. The zero-order valence-electron chi connectivity index (χ0n) is 11.7. The van der Waals surface area contributed by atoms with E-state index in [1.807, 2.05) is 13.8 Å². The quantitative estimate of drug-likeness (QED) is 0.905. The maximum atomic E-state index is 15.0. The first-order valence-corrected chi connectivity index (χ1v) is 6.71.